The summed E-state index contributed by atoms with van der Waals surface area (Å²) in [4.78, 5) is 0.660. The van der Waals surface area contributed by atoms with E-state index in [1.54, 1.807) is 12.1 Å². The summed E-state index contributed by atoms with van der Waals surface area (Å²) in [7, 11) is -1.28. The van der Waals surface area contributed by atoms with Gasteiger partial charge in [0.1, 0.15) is 0 Å². The number of benzene rings is 1. The third-order valence-corrected chi connectivity index (χ3v) is 3.87. The monoisotopic (exact) mass is 258 g/mol. The van der Waals surface area contributed by atoms with Gasteiger partial charge in [-0.05, 0) is 19.1 Å². The predicted octanol–water partition coefficient (Wildman–Crippen LogP) is 0.207. The fourth-order valence-corrected chi connectivity index (χ4v) is 2.54. The zero-order chi connectivity index (χ0) is 12.8. The molecule has 0 fully saturated rings. The van der Waals surface area contributed by atoms with Crippen molar-refractivity contribution < 1.29 is 19.5 Å². The molecule has 1 rings (SSSR count). The molecule has 5 heteroatoms. The highest BCUT2D eigenvalue weighted by atomic mass is 32.2. The number of aliphatic hydroxyl groups is 3. The van der Waals surface area contributed by atoms with E-state index in [2.05, 4.69) is 0 Å². The first-order valence-electron chi connectivity index (χ1n) is 5.45. The molecule has 0 saturated carbocycles. The van der Waals surface area contributed by atoms with Gasteiger partial charge in [0, 0.05) is 11.3 Å². The minimum absolute atomic E-state index is 0.0358. The van der Waals surface area contributed by atoms with E-state index in [-0.39, 0.29) is 12.2 Å². The van der Waals surface area contributed by atoms with Gasteiger partial charge in [0.25, 0.3) is 0 Å². The second-order valence-corrected chi connectivity index (χ2v) is 5.55. The van der Waals surface area contributed by atoms with E-state index in [0.717, 1.165) is 5.56 Å². The van der Waals surface area contributed by atoms with E-state index in [9.17, 15) is 9.32 Å². The highest BCUT2D eigenvalue weighted by Crippen LogP contribution is 2.11. The van der Waals surface area contributed by atoms with Crippen LogP contribution < -0.4 is 0 Å². The van der Waals surface area contributed by atoms with Gasteiger partial charge < -0.3 is 15.3 Å². The smallest absolute Gasteiger partial charge is 0.0795 e. The highest BCUT2D eigenvalue weighted by Gasteiger charge is 2.15. The van der Waals surface area contributed by atoms with Crippen LogP contribution in [0.1, 0.15) is 12.0 Å². The molecule has 0 aliphatic heterocycles. The Balaban J connectivity index is 2.51. The standard InChI is InChI=1S/C12H18O4S/c1-9-2-4-12(5-3-9)17(16)8-11(15)6-10(14)7-13/h2-5,10-11,13-15H,6-8H2,1H3/t10-,11+,17+/m0/s1. The van der Waals surface area contributed by atoms with Crippen LogP contribution in [-0.4, -0.2) is 44.1 Å². The summed E-state index contributed by atoms with van der Waals surface area (Å²) >= 11 is 0. The van der Waals surface area contributed by atoms with Gasteiger partial charge in [-0.3, -0.25) is 4.21 Å². The second kappa shape index (κ2) is 6.86. The molecule has 1 aromatic rings. The third-order valence-electron chi connectivity index (χ3n) is 2.38. The number of aryl methyl sites for hydroxylation is 1. The van der Waals surface area contributed by atoms with E-state index >= 15 is 0 Å². The Hall–Kier alpha value is -0.750. The van der Waals surface area contributed by atoms with Gasteiger partial charge in [-0.2, -0.15) is 0 Å². The van der Waals surface area contributed by atoms with Crippen molar-refractivity contribution in [2.45, 2.75) is 30.4 Å². The van der Waals surface area contributed by atoms with Gasteiger partial charge in [0.15, 0.2) is 0 Å². The lowest BCUT2D eigenvalue weighted by Gasteiger charge is -2.13. The Morgan fingerprint density at radius 1 is 1.18 bits per heavy atom. The summed E-state index contributed by atoms with van der Waals surface area (Å²) in [6.45, 7) is 1.55. The zero-order valence-electron chi connectivity index (χ0n) is 9.74. The van der Waals surface area contributed by atoms with Crippen LogP contribution in [0.25, 0.3) is 0 Å². The predicted molar refractivity (Wildman–Crippen MR) is 66.2 cm³/mol. The molecule has 0 spiro atoms. The van der Waals surface area contributed by atoms with Crippen LogP contribution in [0.5, 0.6) is 0 Å². The van der Waals surface area contributed by atoms with Gasteiger partial charge in [-0.15, -0.1) is 0 Å². The molecular weight excluding hydrogens is 240 g/mol. The minimum atomic E-state index is -1.28. The average molecular weight is 258 g/mol. The maximum atomic E-state index is 11.8. The molecule has 0 saturated heterocycles. The van der Waals surface area contributed by atoms with Crippen molar-refractivity contribution in [1.29, 1.82) is 0 Å². The summed E-state index contributed by atoms with van der Waals surface area (Å²) in [5.41, 5.74) is 1.09. The van der Waals surface area contributed by atoms with Crippen molar-refractivity contribution in [2.75, 3.05) is 12.4 Å². The summed E-state index contributed by atoms with van der Waals surface area (Å²) in [5, 5.41) is 27.3. The topological polar surface area (TPSA) is 77.8 Å². The summed E-state index contributed by atoms with van der Waals surface area (Å²) in [6, 6.07) is 7.26. The first-order chi connectivity index (χ1) is 8.02. The van der Waals surface area contributed by atoms with Crippen molar-refractivity contribution in [2.24, 2.45) is 0 Å². The molecular formula is C12H18O4S. The largest absolute Gasteiger partial charge is 0.394 e. The van der Waals surface area contributed by atoms with Crippen molar-refractivity contribution in [3.63, 3.8) is 0 Å². The van der Waals surface area contributed by atoms with Gasteiger partial charge in [0.2, 0.25) is 0 Å². The maximum absolute atomic E-state index is 11.8. The third kappa shape index (κ3) is 4.95. The fraction of sp³-hybridized carbons (Fsp3) is 0.500. The Morgan fingerprint density at radius 3 is 2.29 bits per heavy atom. The van der Waals surface area contributed by atoms with Crippen LogP contribution >= 0.6 is 0 Å². The molecule has 3 N–H and O–H groups in total. The molecule has 0 aromatic heterocycles. The molecule has 0 aliphatic rings. The van der Waals surface area contributed by atoms with Crippen molar-refractivity contribution in [3.05, 3.63) is 29.8 Å². The Bertz CT molecular complexity index is 363. The lowest BCUT2D eigenvalue weighted by Crippen LogP contribution is -2.25. The van der Waals surface area contributed by atoms with E-state index in [1.165, 1.54) is 0 Å². The minimum Gasteiger partial charge on any atom is -0.394 e. The molecule has 4 nitrogen and oxygen atoms in total. The Labute approximate surface area is 103 Å². The SMILES string of the molecule is Cc1ccc([S@](=O)C[C@H](O)C[C@H](O)CO)cc1. The van der Waals surface area contributed by atoms with E-state index < -0.39 is 29.6 Å². The second-order valence-electron chi connectivity index (χ2n) is 4.05. The van der Waals surface area contributed by atoms with Gasteiger partial charge in [-0.25, -0.2) is 0 Å². The summed E-state index contributed by atoms with van der Waals surface area (Å²) in [5.74, 6) is 0.0696. The quantitative estimate of drug-likeness (QED) is 0.681. The molecule has 1 aromatic carbocycles. The molecule has 96 valence electrons. The first kappa shape index (κ1) is 14.3. The van der Waals surface area contributed by atoms with Crippen LogP contribution in [0.3, 0.4) is 0 Å². The van der Waals surface area contributed by atoms with Crippen LogP contribution in [0.4, 0.5) is 0 Å². The molecule has 0 unspecified atom stereocenters. The van der Waals surface area contributed by atoms with Crippen LogP contribution in [-0.2, 0) is 10.8 Å². The molecule has 0 aliphatic carbocycles. The van der Waals surface area contributed by atoms with Gasteiger partial charge in [0.05, 0.1) is 35.4 Å². The van der Waals surface area contributed by atoms with E-state index in [0.29, 0.717) is 4.90 Å². The zero-order valence-corrected chi connectivity index (χ0v) is 10.6. The van der Waals surface area contributed by atoms with Crippen molar-refractivity contribution >= 4 is 10.8 Å². The number of hydrogen-bond acceptors (Lipinski definition) is 4. The average Bonchev–Trinajstić information content (AvgIpc) is 2.29. The van der Waals surface area contributed by atoms with Gasteiger partial charge >= 0.3 is 0 Å². The maximum Gasteiger partial charge on any atom is 0.0795 e. The highest BCUT2D eigenvalue weighted by molar-refractivity contribution is 7.85. The van der Waals surface area contributed by atoms with Crippen LogP contribution in [0.15, 0.2) is 29.2 Å². The molecule has 0 heterocycles. The molecule has 0 bridgehead atoms. The molecule has 0 amide bonds. The van der Waals surface area contributed by atoms with Gasteiger partial charge in [-0.1, -0.05) is 17.7 Å². The van der Waals surface area contributed by atoms with E-state index in [1.807, 2.05) is 19.1 Å². The lowest BCUT2D eigenvalue weighted by molar-refractivity contribution is 0.0490. The Kier molecular flexibility index (Phi) is 5.77. The molecule has 3 atom stereocenters. The van der Waals surface area contributed by atoms with E-state index in [4.69, 9.17) is 10.2 Å². The molecule has 17 heavy (non-hydrogen) atoms. The van der Waals surface area contributed by atoms with Crippen LogP contribution in [0, 0.1) is 6.92 Å². The van der Waals surface area contributed by atoms with Crippen molar-refractivity contribution in [1.82, 2.24) is 0 Å². The number of aliphatic hydroxyl groups excluding tert-OH is 3. The number of rotatable bonds is 6. The van der Waals surface area contributed by atoms with Crippen molar-refractivity contribution in [3.8, 4) is 0 Å². The summed E-state index contributed by atoms with van der Waals surface area (Å²) < 4.78 is 11.8. The Morgan fingerprint density at radius 2 is 1.76 bits per heavy atom. The first-order valence-corrected chi connectivity index (χ1v) is 6.77. The fourth-order valence-electron chi connectivity index (χ4n) is 1.42. The molecule has 0 radical (unpaired) electrons. The van der Waals surface area contributed by atoms with Crippen LogP contribution in [0.2, 0.25) is 0 Å². The lowest BCUT2D eigenvalue weighted by atomic mass is 10.2. The summed E-state index contributed by atoms with van der Waals surface area (Å²) in [6.07, 6.45) is -1.80. The number of hydrogen-bond donors (Lipinski definition) is 3. The normalized spacial score (nSPS) is 16.5.